The average Bonchev–Trinajstić information content (AvgIpc) is 3.29. The number of nitrogens with zero attached hydrogens (tertiary/aromatic N) is 4. The third-order valence-electron chi connectivity index (χ3n) is 5.41. The zero-order valence-corrected chi connectivity index (χ0v) is 19.3. The molecule has 6 nitrogen and oxygen atoms in total. The maximum absolute atomic E-state index is 12.6. The van der Waals surface area contributed by atoms with Crippen LogP contribution in [-0.2, 0) is 11.2 Å². The van der Waals surface area contributed by atoms with Gasteiger partial charge in [0.1, 0.15) is 6.33 Å². The van der Waals surface area contributed by atoms with E-state index in [4.69, 9.17) is 0 Å². The Balaban J connectivity index is 1.62. The van der Waals surface area contributed by atoms with Gasteiger partial charge in [0.15, 0.2) is 5.16 Å². The highest BCUT2D eigenvalue weighted by molar-refractivity contribution is 7.99. The fourth-order valence-corrected chi connectivity index (χ4v) is 4.47. The first kappa shape index (κ1) is 23.0. The van der Waals surface area contributed by atoms with E-state index in [0.29, 0.717) is 12.3 Å². The SMILES string of the molecule is CCc1ccccc1-n1cnnc1SCC(=O)NCC(c1ccccc1)N(CC)CC. The van der Waals surface area contributed by atoms with E-state index in [-0.39, 0.29) is 11.9 Å². The molecular formula is C24H31N5OS. The molecule has 0 fully saturated rings. The first-order chi connectivity index (χ1) is 15.2. The third kappa shape index (κ3) is 5.95. The zero-order chi connectivity index (χ0) is 22.1. The Morgan fingerprint density at radius 1 is 1.06 bits per heavy atom. The fraction of sp³-hybridized carbons (Fsp3) is 0.375. The predicted octanol–water partition coefficient (Wildman–Crippen LogP) is 4.12. The molecular weight excluding hydrogens is 406 g/mol. The smallest absolute Gasteiger partial charge is 0.230 e. The van der Waals surface area contributed by atoms with Crippen LogP contribution in [0.15, 0.2) is 66.1 Å². The Bertz CT molecular complexity index is 955. The van der Waals surface area contributed by atoms with Crippen LogP contribution >= 0.6 is 11.8 Å². The van der Waals surface area contributed by atoms with Crippen molar-refractivity contribution in [3.05, 3.63) is 72.1 Å². The number of hydrogen-bond donors (Lipinski definition) is 1. The standard InChI is InChI=1S/C24H31N5OS/c1-4-19-12-10-11-15-21(19)29-18-26-27-24(29)31-17-23(30)25-16-22(28(5-2)6-3)20-13-8-7-9-14-20/h7-15,18,22H,4-6,16-17H2,1-3H3,(H,25,30). The van der Waals surface area contributed by atoms with E-state index in [1.54, 1.807) is 6.33 Å². The predicted molar refractivity (Wildman–Crippen MR) is 127 cm³/mol. The Morgan fingerprint density at radius 3 is 2.48 bits per heavy atom. The van der Waals surface area contributed by atoms with Crippen LogP contribution in [0.5, 0.6) is 0 Å². The molecule has 1 N–H and O–H groups in total. The van der Waals surface area contributed by atoms with Crippen LogP contribution in [0.3, 0.4) is 0 Å². The molecule has 2 aromatic carbocycles. The second kappa shape index (κ2) is 11.7. The Kier molecular flexibility index (Phi) is 8.67. The number of thioether (sulfide) groups is 1. The van der Waals surface area contributed by atoms with E-state index >= 15 is 0 Å². The highest BCUT2D eigenvalue weighted by atomic mass is 32.2. The maximum Gasteiger partial charge on any atom is 0.230 e. The molecule has 1 unspecified atom stereocenters. The molecule has 0 aliphatic heterocycles. The molecule has 0 saturated heterocycles. The highest BCUT2D eigenvalue weighted by Crippen LogP contribution is 2.23. The molecule has 3 rings (SSSR count). The largest absolute Gasteiger partial charge is 0.353 e. The normalized spacial score (nSPS) is 12.1. The number of aromatic nitrogens is 3. The molecule has 1 atom stereocenters. The van der Waals surface area contributed by atoms with Crippen molar-refractivity contribution in [2.24, 2.45) is 0 Å². The van der Waals surface area contributed by atoms with Gasteiger partial charge in [-0.3, -0.25) is 14.3 Å². The molecule has 0 bridgehead atoms. The van der Waals surface area contributed by atoms with Gasteiger partial charge in [-0.05, 0) is 36.7 Å². The second-order valence-corrected chi connectivity index (χ2v) is 8.15. The lowest BCUT2D eigenvalue weighted by Gasteiger charge is -2.30. The number of para-hydroxylation sites is 1. The Morgan fingerprint density at radius 2 is 1.77 bits per heavy atom. The van der Waals surface area contributed by atoms with E-state index in [1.165, 1.54) is 22.9 Å². The van der Waals surface area contributed by atoms with Crippen molar-refractivity contribution in [1.29, 1.82) is 0 Å². The van der Waals surface area contributed by atoms with Crippen LogP contribution in [0.25, 0.3) is 5.69 Å². The summed E-state index contributed by atoms with van der Waals surface area (Å²) in [5, 5.41) is 12.1. The van der Waals surface area contributed by atoms with E-state index in [2.05, 4.69) is 65.5 Å². The number of benzene rings is 2. The summed E-state index contributed by atoms with van der Waals surface area (Å²) in [6.45, 7) is 8.87. The lowest BCUT2D eigenvalue weighted by molar-refractivity contribution is -0.118. The number of rotatable bonds is 11. The van der Waals surface area contributed by atoms with Gasteiger partial charge in [0.25, 0.3) is 0 Å². The zero-order valence-electron chi connectivity index (χ0n) is 18.5. The topological polar surface area (TPSA) is 63.1 Å². The van der Waals surface area contributed by atoms with Crippen LogP contribution in [0.2, 0.25) is 0 Å². The van der Waals surface area contributed by atoms with Crippen molar-refractivity contribution in [3.8, 4) is 5.69 Å². The molecule has 0 spiro atoms. The Labute approximate surface area is 189 Å². The van der Waals surface area contributed by atoms with Crippen LogP contribution in [0.1, 0.15) is 37.9 Å². The van der Waals surface area contributed by atoms with Crippen LogP contribution in [0, 0.1) is 0 Å². The molecule has 164 valence electrons. The van der Waals surface area contributed by atoms with Crippen molar-refractivity contribution in [2.45, 2.75) is 38.4 Å². The van der Waals surface area contributed by atoms with Gasteiger partial charge in [-0.2, -0.15) is 0 Å². The summed E-state index contributed by atoms with van der Waals surface area (Å²) in [5.74, 6) is 0.295. The number of carbonyl (C=O) groups excluding carboxylic acids is 1. The number of amides is 1. The van der Waals surface area contributed by atoms with Gasteiger partial charge >= 0.3 is 0 Å². The highest BCUT2D eigenvalue weighted by Gasteiger charge is 2.19. The van der Waals surface area contributed by atoms with Crippen molar-refractivity contribution in [1.82, 2.24) is 25.0 Å². The van der Waals surface area contributed by atoms with Crippen LogP contribution in [0.4, 0.5) is 0 Å². The molecule has 1 aromatic heterocycles. The summed E-state index contributed by atoms with van der Waals surface area (Å²) in [5.41, 5.74) is 3.50. The third-order valence-corrected chi connectivity index (χ3v) is 6.35. The van der Waals surface area contributed by atoms with Gasteiger partial charge in [-0.25, -0.2) is 0 Å². The van der Waals surface area contributed by atoms with Gasteiger partial charge in [0, 0.05) is 6.54 Å². The first-order valence-electron chi connectivity index (χ1n) is 10.8. The van der Waals surface area contributed by atoms with Crippen molar-refractivity contribution < 1.29 is 4.79 Å². The summed E-state index contributed by atoms with van der Waals surface area (Å²) in [4.78, 5) is 15.0. The molecule has 3 aromatic rings. The summed E-state index contributed by atoms with van der Waals surface area (Å²) >= 11 is 1.41. The van der Waals surface area contributed by atoms with Crippen LogP contribution < -0.4 is 5.32 Å². The minimum absolute atomic E-state index is 0.00332. The molecule has 0 saturated carbocycles. The van der Waals surface area contributed by atoms with Crippen LogP contribution in [-0.4, -0.2) is 51.0 Å². The minimum Gasteiger partial charge on any atom is -0.353 e. The van der Waals surface area contributed by atoms with Gasteiger partial charge < -0.3 is 5.32 Å². The number of aryl methyl sites for hydroxylation is 1. The van der Waals surface area contributed by atoms with E-state index in [9.17, 15) is 4.79 Å². The number of nitrogens with one attached hydrogen (secondary N) is 1. The van der Waals surface area contributed by atoms with E-state index in [0.717, 1.165) is 30.4 Å². The summed E-state index contributed by atoms with van der Waals surface area (Å²) in [6, 6.07) is 18.7. The molecule has 0 aliphatic rings. The molecule has 7 heteroatoms. The summed E-state index contributed by atoms with van der Waals surface area (Å²) in [7, 11) is 0. The van der Waals surface area contributed by atoms with Crippen molar-refractivity contribution in [3.63, 3.8) is 0 Å². The van der Waals surface area contributed by atoms with Gasteiger partial charge in [-0.1, -0.05) is 81.1 Å². The molecule has 31 heavy (non-hydrogen) atoms. The second-order valence-electron chi connectivity index (χ2n) is 7.21. The monoisotopic (exact) mass is 437 g/mol. The lowest BCUT2D eigenvalue weighted by atomic mass is 10.1. The quantitative estimate of drug-likeness (QED) is 0.457. The minimum atomic E-state index is -0.00332. The molecule has 1 heterocycles. The van der Waals surface area contributed by atoms with E-state index < -0.39 is 0 Å². The van der Waals surface area contributed by atoms with Crippen molar-refractivity contribution in [2.75, 3.05) is 25.4 Å². The average molecular weight is 438 g/mol. The van der Waals surface area contributed by atoms with Gasteiger partial charge in [0.05, 0.1) is 17.5 Å². The molecule has 0 aliphatic carbocycles. The number of hydrogen-bond acceptors (Lipinski definition) is 5. The van der Waals surface area contributed by atoms with Gasteiger partial charge in [-0.15, -0.1) is 10.2 Å². The molecule has 1 amide bonds. The molecule has 0 radical (unpaired) electrons. The lowest BCUT2D eigenvalue weighted by Crippen LogP contribution is -2.38. The van der Waals surface area contributed by atoms with E-state index in [1.807, 2.05) is 34.9 Å². The first-order valence-corrected chi connectivity index (χ1v) is 11.8. The summed E-state index contributed by atoms with van der Waals surface area (Å²) < 4.78 is 1.96. The Hall–Kier alpha value is -2.64. The fourth-order valence-electron chi connectivity index (χ4n) is 3.72. The van der Waals surface area contributed by atoms with Gasteiger partial charge in [0.2, 0.25) is 5.91 Å². The number of likely N-dealkylation sites (N-methyl/N-ethyl adjacent to an activating group) is 1. The van der Waals surface area contributed by atoms with Crippen molar-refractivity contribution >= 4 is 17.7 Å². The maximum atomic E-state index is 12.6. The number of carbonyl (C=O) groups is 1. The summed E-state index contributed by atoms with van der Waals surface area (Å²) in [6.07, 6.45) is 2.63.